The van der Waals surface area contributed by atoms with Gasteiger partial charge in [-0.3, -0.25) is 0 Å². The van der Waals surface area contributed by atoms with Crippen LogP contribution in [0.3, 0.4) is 0 Å². The largest absolute Gasteiger partial charge is 0.423 e. The highest BCUT2D eigenvalue weighted by molar-refractivity contribution is 5.86. The zero-order valence-corrected chi connectivity index (χ0v) is 11.4. The van der Waals surface area contributed by atoms with Gasteiger partial charge in [0.2, 0.25) is 0 Å². The third-order valence-corrected chi connectivity index (χ3v) is 4.20. The summed E-state index contributed by atoms with van der Waals surface area (Å²) < 4.78 is 5.70. The number of nitrogens with two attached hydrogens (primary N) is 1. The molecule has 1 aromatic carbocycles. The molecule has 1 aromatic heterocycles. The molecule has 1 aliphatic carbocycles. The molecule has 19 heavy (non-hydrogen) atoms. The Labute approximate surface area is 113 Å². The minimum atomic E-state index is 0.483. The van der Waals surface area contributed by atoms with E-state index in [4.69, 9.17) is 10.2 Å². The molecule has 3 rings (SSSR count). The number of hydrogen-bond donors (Lipinski definition) is 2. The fourth-order valence-corrected chi connectivity index (χ4v) is 2.92. The summed E-state index contributed by atoms with van der Waals surface area (Å²) in [5, 5.41) is 3.41. The molecule has 1 fully saturated rings. The van der Waals surface area contributed by atoms with Gasteiger partial charge < -0.3 is 15.5 Å². The van der Waals surface area contributed by atoms with Gasteiger partial charge in [-0.15, -0.1) is 0 Å². The Morgan fingerprint density at radius 1 is 1.32 bits per heavy atom. The SMILES string of the molecule is CCC1CCC(Nc2nc3c(N)cccc3o2)CC1. The van der Waals surface area contributed by atoms with Crippen molar-refractivity contribution in [3.05, 3.63) is 18.2 Å². The number of fused-ring (bicyclic) bond motifs is 1. The number of aromatic nitrogens is 1. The van der Waals surface area contributed by atoms with Crippen molar-refractivity contribution < 1.29 is 4.42 Å². The van der Waals surface area contributed by atoms with Crippen molar-refractivity contribution in [3.8, 4) is 0 Å². The second-order valence-corrected chi connectivity index (χ2v) is 5.48. The molecular formula is C15H21N3O. The maximum atomic E-state index is 5.89. The molecule has 0 atom stereocenters. The molecule has 0 unspecified atom stereocenters. The number of rotatable bonds is 3. The third-order valence-electron chi connectivity index (χ3n) is 4.20. The third kappa shape index (κ3) is 2.53. The van der Waals surface area contributed by atoms with Gasteiger partial charge in [0.05, 0.1) is 5.69 Å². The molecule has 1 aliphatic rings. The highest BCUT2D eigenvalue weighted by Crippen LogP contribution is 2.30. The van der Waals surface area contributed by atoms with Crippen LogP contribution < -0.4 is 11.1 Å². The number of nitrogens with zero attached hydrogens (tertiary/aromatic N) is 1. The fraction of sp³-hybridized carbons (Fsp3) is 0.533. The van der Waals surface area contributed by atoms with Gasteiger partial charge >= 0.3 is 0 Å². The smallest absolute Gasteiger partial charge is 0.295 e. The minimum absolute atomic E-state index is 0.483. The summed E-state index contributed by atoms with van der Waals surface area (Å²) in [6.45, 7) is 2.28. The fourth-order valence-electron chi connectivity index (χ4n) is 2.92. The Morgan fingerprint density at radius 2 is 2.11 bits per heavy atom. The van der Waals surface area contributed by atoms with Crippen molar-refractivity contribution in [2.45, 2.75) is 45.1 Å². The van der Waals surface area contributed by atoms with Crippen molar-refractivity contribution in [2.24, 2.45) is 5.92 Å². The molecule has 3 N–H and O–H groups in total. The predicted octanol–water partition coefficient (Wildman–Crippen LogP) is 3.79. The second kappa shape index (κ2) is 5.11. The van der Waals surface area contributed by atoms with Crippen molar-refractivity contribution in [2.75, 3.05) is 11.1 Å². The van der Waals surface area contributed by atoms with E-state index in [-0.39, 0.29) is 0 Å². The van der Waals surface area contributed by atoms with E-state index >= 15 is 0 Å². The first kappa shape index (κ1) is 12.3. The number of para-hydroxylation sites is 1. The molecule has 2 aromatic rings. The first-order chi connectivity index (χ1) is 9.26. The number of nitrogen functional groups attached to an aromatic ring is 1. The molecule has 0 bridgehead atoms. The number of anilines is 2. The van der Waals surface area contributed by atoms with Gasteiger partial charge in [0, 0.05) is 6.04 Å². The van der Waals surface area contributed by atoms with Crippen molar-refractivity contribution in [1.82, 2.24) is 4.98 Å². The van der Waals surface area contributed by atoms with E-state index in [2.05, 4.69) is 17.2 Å². The first-order valence-electron chi connectivity index (χ1n) is 7.18. The summed E-state index contributed by atoms with van der Waals surface area (Å²) in [4.78, 5) is 4.44. The number of benzene rings is 1. The Balaban J connectivity index is 1.70. The number of oxazole rings is 1. The Hall–Kier alpha value is -1.71. The summed E-state index contributed by atoms with van der Waals surface area (Å²) in [5.41, 5.74) is 8.07. The van der Waals surface area contributed by atoms with Crippen LogP contribution in [0.15, 0.2) is 22.6 Å². The second-order valence-electron chi connectivity index (χ2n) is 5.48. The standard InChI is InChI=1S/C15H21N3O/c1-2-10-6-8-11(9-7-10)17-15-18-14-12(16)4-3-5-13(14)19-15/h3-5,10-11H,2,6-9,16H2,1H3,(H,17,18). The van der Waals surface area contributed by atoms with Gasteiger partial charge in [-0.05, 0) is 43.7 Å². The monoisotopic (exact) mass is 259 g/mol. The van der Waals surface area contributed by atoms with Gasteiger partial charge in [0.1, 0.15) is 5.52 Å². The van der Waals surface area contributed by atoms with Crippen LogP contribution in [0.5, 0.6) is 0 Å². The highest BCUT2D eigenvalue weighted by Gasteiger charge is 2.21. The summed E-state index contributed by atoms with van der Waals surface area (Å²) in [6, 6.07) is 6.72. The summed E-state index contributed by atoms with van der Waals surface area (Å²) >= 11 is 0. The molecule has 0 radical (unpaired) electrons. The van der Waals surface area contributed by atoms with E-state index in [9.17, 15) is 0 Å². The predicted molar refractivity (Wildman–Crippen MR) is 78.1 cm³/mol. The maximum absolute atomic E-state index is 5.89. The zero-order valence-electron chi connectivity index (χ0n) is 11.4. The van der Waals surface area contributed by atoms with Gasteiger partial charge in [-0.25, -0.2) is 0 Å². The molecule has 102 valence electrons. The normalized spacial score (nSPS) is 23.6. The Kier molecular flexibility index (Phi) is 3.32. The molecule has 0 amide bonds. The molecule has 1 heterocycles. The molecule has 0 saturated heterocycles. The molecule has 0 spiro atoms. The molecule has 1 saturated carbocycles. The Morgan fingerprint density at radius 3 is 2.79 bits per heavy atom. The minimum Gasteiger partial charge on any atom is -0.423 e. The van der Waals surface area contributed by atoms with E-state index in [1.807, 2.05) is 18.2 Å². The van der Waals surface area contributed by atoms with E-state index < -0.39 is 0 Å². The van der Waals surface area contributed by atoms with Gasteiger partial charge in [0.15, 0.2) is 5.58 Å². The van der Waals surface area contributed by atoms with Crippen LogP contribution in [0, 0.1) is 5.92 Å². The lowest BCUT2D eigenvalue weighted by molar-refractivity contribution is 0.327. The van der Waals surface area contributed by atoms with Gasteiger partial charge in [-0.1, -0.05) is 19.4 Å². The topological polar surface area (TPSA) is 64.1 Å². The van der Waals surface area contributed by atoms with Crippen LogP contribution in [0.25, 0.3) is 11.1 Å². The molecular weight excluding hydrogens is 238 g/mol. The highest BCUT2D eigenvalue weighted by atomic mass is 16.4. The van der Waals surface area contributed by atoms with Crippen LogP contribution >= 0.6 is 0 Å². The average molecular weight is 259 g/mol. The van der Waals surface area contributed by atoms with E-state index in [1.54, 1.807) is 0 Å². The molecule has 4 nitrogen and oxygen atoms in total. The van der Waals surface area contributed by atoms with Crippen molar-refractivity contribution in [1.29, 1.82) is 0 Å². The quantitative estimate of drug-likeness (QED) is 0.823. The lowest BCUT2D eigenvalue weighted by atomic mass is 9.85. The van der Waals surface area contributed by atoms with Gasteiger partial charge in [-0.2, -0.15) is 4.98 Å². The maximum Gasteiger partial charge on any atom is 0.295 e. The summed E-state index contributed by atoms with van der Waals surface area (Å²) in [5.74, 6) is 0.900. The van der Waals surface area contributed by atoms with Crippen molar-refractivity contribution >= 4 is 22.8 Å². The zero-order chi connectivity index (χ0) is 13.2. The Bertz CT molecular complexity index is 556. The summed E-state index contributed by atoms with van der Waals surface area (Å²) in [6.07, 6.45) is 6.30. The first-order valence-corrected chi connectivity index (χ1v) is 7.18. The van der Waals surface area contributed by atoms with Crippen LogP contribution in [0.2, 0.25) is 0 Å². The lowest BCUT2D eigenvalue weighted by Gasteiger charge is -2.27. The number of hydrogen-bond acceptors (Lipinski definition) is 4. The average Bonchev–Trinajstić information content (AvgIpc) is 2.84. The van der Waals surface area contributed by atoms with Gasteiger partial charge in [0.25, 0.3) is 6.01 Å². The van der Waals surface area contributed by atoms with Crippen LogP contribution in [-0.4, -0.2) is 11.0 Å². The van der Waals surface area contributed by atoms with Crippen LogP contribution in [-0.2, 0) is 0 Å². The van der Waals surface area contributed by atoms with E-state index in [0.717, 1.165) is 17.0 Å². The van der Waals surface area contributed by atoms with Crippen LogP contribution in [0.4, 0.5) is 11.7 Å². The molecule has 0 aliphatic heterocycles. The lowest BCUT2D eigenvalue weighted by Crippen LogP contribution is -2.25. The van der Waals surface area contributed by atoms with E-state index in [0.29, 0.717) is 17.7 Å². The van der Waals surface area contributed by atoms with E-state index in [1.165, 1.54) is 32.1 Å². The number of nitrogens with one attached hydrogen (secondary N) is 1. The van der Waals surface area contributed by atoms with Crippen molar-refractivity contribution in [3.63, 3.8) is 0 Å². The summed E-state index contributed by atoms with van der Waals surface area (Å²) in [7, 11) is 0. The van der Waals surface area contributed by atoms with Crippen LogP contribution in [0.1, 0.15) is 39.0 Å². The molecule has 4 heteroatoms.